The van der Waals surface area contributed by atoms with Crippen LogP contribution in [0.2, 0.25) is 0 Å². The lowest BCUT2D eigenvalue weighted by Gasteiger charge is -2.37. The number of carbonyl (C=O) groups excluding carboxylic acids is 1. The molecule has 2 unspecified atom stereocenters. The van der Waals surface area contributed by atoms with Crippen molar-refractivity contribution >= 4 is 21.8 Å². The first-order valence-corrected chi connectivity index (χ1v) is 12.4. The zero-order chi connectivity index (χ0) is 21.0. The lowest BCUT2D eigenvalue weighted by Crippen LogP contribution is -2.49. The molecule has 2 atom stereocenters. The summed E-state index contributed by atoms with van der Waals surface area (Å²) in [6.45, 7) is 7.14. The number of halogens is 1. The van der Waals surface area contributed by atoms with Crippen molar-refractivity contribution in [1.82, 2.24) is 4.90 Å². The van der Waals surface area contributed by atoms with E-state index >= 15 is 0 Å². The minimum Gasteiger partial charge on any atom is -0.300 e. The number of hydrogen-bond donors (Lipinski definition) is 0. The molecule has 1 amide bonds. The number of hydrogen-bond acceptors (Lipinski definition) is 2. The SMILES string of the molecule is CCCC1CCCCN1CCC[N+]1(Cc2cccc(Br)c2)Cc2ccccc2C1=O. The molecule has 30 heavy (non-hydrogen) atoms. The molecule has 1 saturated heterocycles. The molecule has 2 aromatic carbocycles. The van der Waals surface area contributed by atoms with E-state index < -0.39 is 0 Å². The molecule has 2 aromatic rings. The Hall–Kier alpha value is -1.49. The number of piperidine rings is 1. The van der Waals surface area contributed by atoms with Crippen LogP contribution in [0.3, 0.4) is 0 Å². The summed E-state index contributed by atoms with van der Waals surface area (Å²) in [4.78, 5) is 16.3. The number of rotatable bonds is 8. The summed E-state index contributed by atoms with van der Waals surface area (Å²) < 4.78 is 1.61. The first kappa shape index (κ1) is 21.7. The third kappa shape index (κ3) is 4.71. The molecule has 0 radical (unpaired) electrons. The molecule has 0 aliphatic carbocycles. The second-order valence-corrected chi connectivity index (χ2v) is 10.0. The van der Waals surface area contributed by atoms with Gasteiger partial charge in [0.15, 0.2) is 0 Å². The third-order valence-corrected chi connectivity index (χ3v) is 7.42. The van der Waals surface area contributed by atoms with Gasteiger partial charge in [-0.25, -0.2) is 9.28 Å². The minimum absolute atomic E-state index is 0.300. The fraction of sp³-hybridized carbons (Fsp3) is 0.500. The van der Waals surface area contributed by atoms with Gasteiger partial charge in [-0.05, 0) is 44.0 Å². The Morgan fingerprint density at radius 2 is 2.00 bits per heavy atom. The Kier molecular flexibility index (Phi) is 7.07. The van der Waals surface area contributed by atoms with Crippen LogP contribution < -0.4 is 0 Å². The third-order valence-electron chi connectivity index (χ3n) is 6.93. The molecule has 4 heteroatoms. The number of quaternary nitrogens is 1. The van der Waals surface area contributed by atoms with Crippen LogP contribution in [0.5, 0.6) is 0 Å². The summed E-state index contributed by atoms with van der Waals surface area (Å²) in [6.07, 6.45) is 7.69. The first-order valence-electron chi connectivity index (χ1n) is 11.6. The number of nitrogens with zero attached hydrogens (tertiary/aromatic N) is 2. The monoisotopic (exact) mass is 469 g/mol. The molecule has 0 N–H and O–H groups in total. The number of fused-ring (bicyclic) bond motifs is 1. The van der Waals surface area contributed by atoms with Crippen LogP contribution in [0.15, 0.2) is 53.0 Å². The predicted molar refractivity (Wildman–Crippen MR) is 126 cm³/mol. The molecular weight excluding hydrogens is 436 g/mol. The first-order chi connectivity index (χ1) is 14.6. The van der Waals surface area contributed by atoms with Gasteiger partial charge in [-0.1, -0.05) is 66.0 Å². The maximum absolute atomic E-state index is 13.6. The fourth-order valence-corrected chi connectivity index (χ4v) is 5.93. The molecule has 3 nitrogen and oxygen atoms in total. The number of carbonyl (C=O) groups is 1. The van der Waals surface area contributed by atoms with Gasteiger partial charge in [-0.3, -0.25) is 0 Å². The van der Waals surface area contributed by atoms with Crippen molar-refractivity contribution in [3.05, 3.63) is 69.7 Å². The Balaban J connectivity index is 1.51. The van der Waals surface area contributed by atoms with Crippen molar-refractivity contribution in [1.29, 1.82) is 0 Å². The van der Waals surface area contributed by atoms with Gasteiger partial charge in [-0.2, -0.15) is 0 Å². The van der Waals surface area contributed by atoms with Crippen molar-refractivity contribution in [3.63, 3.8) is 0 Å². The number of likely N-dealkylation sites (tertiary alicyclic amines) is 1. The van der Waals surface area contributed by atoms with E-state index in [4.69, 9.17) is 0 Å². The maximum Gasteiger partial charge on any atom is 0.346 e. The van der Waals surface area contributed by atoms with Gasteiger partial charge < -0.3 is 4.90 Å². The number of amides is 1. The van der Waals surface area contributed by atoms with Gasteiger partial charge in [-0.15, -0.1) is 0 Å². The lowest BCUT2D eigenvalue weighted by atomic mass is 9.98. The molecule has 2 aliphatic heterocycles. The van der Waals surface area contributed by atoms with E-state index in [9.17, 15) is 4.79 Å². The van der Waals surface area contributed by atoms with Gasteiger partial charge in [0, 0.05) is 34.6 Å². The Morgan fingerprint density at radius 3 is 2.80 bits per heavy atom. The Labute approximate surface area is 189 Å². The van der Waals surface area contributed by atoms with E-state index in [1.165, 1.54) is 49.8 Å². The lowest BCUT2D eigenvalue weighted by molar-refractivity contribution is -0.872. The van der Waals surface area contributed by atoms with Crippen molar-refractivity contribution < 1.29 is 9.28 Å². The zero-order valence-electron chi connectivity index (χ0n) is 18.2. The van der Waals surface area contributed by atoms with Crippen LogP contribution in [-0.4, -0.2) is 41.0 Å². The topological polar surface area (TPSA) is 20.3 Å². The van der Waals surface area contributed by atoms with Gasteiger partial charge >= 0.3 is 5.91 Å². The van der Waals surface area contributed by atoms with Crippen molar-refractivity contribution in [3.8, 4) is 0 Å². The highest BCUT2D eigenvalue weighted by atomic mass is 79.9. The molecular formula is C26H34BrN2O+. The Bertz CT molecular complexity index is 881. The van der Waals surface area contributed by atoms with E-state index in [1.807, 2.05) is 12.1 Å². The van der Waals surface area contributed by atoms with Crippen molar-refractivity contribution in [2.75, 3.05) is 19.6 Å². The Morgan fingerprint density at radius 1 is 1.13 bits per heavy atom. The van der Waals surface area contributed by atoms with Gasteiger partial charge in [0.05, 0.1) is 12.1 Å². The molecule has 0 spiro atoms. The summed E-state index contributed by atoms with van der Waals surface area (Å²) in [5.74, 6) is 0.300. The summed E-state index contributed by atoms with van der Waals surface area (Å²) >= 11 is 3.60. The van der Waals surface area contributed by atoms with E-state index in [-0.39, 0.29) is 0 Å². The molecule has 0 saturated carbocycles. The summed E-state index contributed by atoms with van der Waals surface area (Å²) in [5.41, 5.74) is 3.36. The predicted octanol–water partition coefficient (Wildman–Crippen LogP) is 6.16. The van der Waals surface area contributed by atoms with Gasteiger partial charge in [0.1, 0.15) is 13.1 Å². The molecule has 160 valence electrons. The second kappa shape index (κ2) is 9.76. The smallest absolute Gasteiger partial charge is 0.300 e. The average Bonchev–Trinajstić information content (AvgIpc) is 3.01. The minimum atomic E-state index is 0.300. The fourth-order valence-electron chi connectivity index (χ4n) is 5.48. The highest BCUT2D eigenvalue weighted by molar-refractivity contribution is 9.10. The maximum atomic E-state index is 13.6. The standard InChI is InChI=1S/C26H34BrN2O/c1-2-9-24-13-5-6-15-28(24)16-8-17-29(19-21-10-7-12-23(27)18-21)20-22-11-3-4-14-25(22)26(29)30/h3-4,7,10-12,14,18,24H,2,5-6,8-9,13,15-17,19-20H2,1H3/q+1. The van der Waals surface area contributed by atoms with Crippen molar-refractivity contribution in [2.24, 2.45) is 0 Å². The summed E-state index contributed by atoms with van der Waals surface area (Å²) in [7, 11) is 0. The molecule has 0 bridgehead atoms. The summed E-state index contributed by atoms with van der Waals surface area (Å²) in [6, 6.07) is 17.4. The van der Waals surface area contributed by atoms with Gasteiger partial charge in [0.2, 0.25) is 0 Å². The van der Waals surface area contributed by atoms with Crippen LogP contribution in [0, 0.1) is 0 Å². The molecule has 4 rings (SSSR count). The highest BCUT2D eigenvalue weighted by Gasteiger charge is 2.45. The van der Waals surface area contributed by atoms with Crippen LogP contribution in [0.25, 0.3) is 0 Å². The van der Waals surface area contributed by atoms with Crippen LogP contribution in [0.1, 0.15) is 66.9 Å². The van der Waals surface area contributed by atoms with E-state index in [1.54, 1.807) is 0 Å². The molecule has 1 fully saturated rings. The highest BCUT2D eigenvalue weighted by Crippen LogP contribution is 2.33. The number of benzene rings is 2. The van der Waals surface area contributed by atoms with Gasteiger partial charge in [0.25, 0.3) is 0 Å². The summed E-state index contributed by atoms with van der Waals surface area (Å²) in [5, 5.41) is 0. The molecule has 0 aromatic heterocycles. The van der Waals surface area contributed by atoms with E-state index in [0.29, 0.717) is 10.4 Å². The molecule has 2 heterocycles. The zero-order valence-corrected chi connectivity index (χ0v) is 19.7. The second-order valence-electron chi connectivity index (χ2n) is 9.11. The average molecular weight is 470 g/mol. The van der Waals surface area contributed by atoms with Crippen LogP contribution in [-0.2, 0) is 13.1 Å². The van der Waals surface area contributed by atoms with Crippen LogP contribution >= 0.6 is 15.9 Å². The van der Waals surface area contributed by atoms with E-state index in [2.05, 4.69) is 64.2 Å². The quantitative estimate of drug-likeness (QED) is 0.431. The van der Waals surface area contributed by atoms with Crippen molar-refractivity contribution in [2.45, 2.75) is 64.6 Å². The largest absolute Gasteiger partial charge is 0.346 e. The normalized spacial score (nSPS) is 24.2. The molecule has 2 aliphatic rings. The van der Waals surface area contributed by atoms with E-state index in [0.717, 1.165) is 48.7 Å². The van der Waals surface area contributed by atoms with Crippen LogP contribution in [0.4, 0.5) is 0 Å².